The normalized spacial score (nSPS) is 11.5. The fourth-order valence-electron chi connectivity index (χ4n) is 2.95. The van der Waals surface area contributed by atoms with Crippen LogP contribution in [0.3, 0.4) is 0 Å². The quantitative estimate of drug-likeness (QED) is 0.370. The zero-order valence-corrected chi connectivity index (χ0v) is 16.3. The predicted octanol–water partition coefficient (Wildman–Crippen LogP) is 2.83. The highest BCUT2D eigenvalue weighted by atomic mass is 16.2. The van der Waals surface area contributed by atoms with Gasteiger partial charge >= 0.3 is 0 Å². The fourth-order valence-corrected chi connectivity index (χ4v) is 2.95. The van der Waals surface area contributed by atoms with Crippen LogP contribution in [0.4, 0.5) is 5.69 Å². The number of nitrogens with zero attached hydrogens (tertiary/aromatic N) is 2. The van der Waals surface area contributed by atoms with Crippen molar-refractivity contribution in [2.24, 2.45) is 5.10 Å². The Morgan fingerprint density at radius 1 is 1.11 bits per heavy atom. The van der Waals surface area contributed by atoms with Gasteiger partial charge in [0.15, 0.2) is 0 Å². The second-order valence-corrected chi connectivity index (χ2v) is 6.78. The second-order valence-electron chi connectivity index (χ2n) is 6.78. The van der Waals surface area contributed by atoms with Gasteiger partial charge in [-0.2, -0.15) is 5.10 Å². The van der Waals surface area contributed by atoms with Crippen LogP contribution < -0.4 is 16.7 Å². The maximum atomic E-state index is 12.9. The Labute approximate surface area is 162 Å². The van der Waals surface area contributed by atoms with E-state index in [1.165, 1.54) is 4.68 Å². The van der Waals surface area contributed by atoms with E-state index >= 15 is 0 Å². The first-order chi connectivity index (χ1) is 13.3. The highest BCUT2D eigenvalue weighted by Crippen LogP contribution is 2.13. The van der Waals surface area contributed by atoms with Gasteiger partial charge in [-0.1, -0.05) is 12.1 Å². The smallest absolute Gasteiger partial charge is 0.280 e. The molecule has 1 aromatic heterocycles. The van der Waals surface area contributed by atoms with E-state index in [2.05, 4.69) is 15.6 Å². The molecule has 0 saturated heterocycles. The lowest BCUT2D eigenvalue weighted by molar-refractivity contribution is 0.0955. The molecule has 0 unspecified atom stereocenters. The third-order valence-electron chi connectivity index (χ3n) is 4.66. The van der Waals surface area contributed by atoms with Gasteiger partial charge in [-0.3, -0.25) is 14.7 Å². The van der Waals surface area contributed by atoms with Gasteiger partial charge in [0.1, 0.15) is 0 Å². The molecule has 0 radical (unpaired) electrons. The van der Waals surface area contributed by atoms with E-state index in [1.807, 2.05) is 32.0 Å². The minimum absolute atomic E-state index is 0.222. The molecule has 3 rings (SSSR count). The molecule has 0 aliphatic carbocycles. The minimum atomic E-state index is -0.394. The van der Waals surface area contributed by atoms with Gasteiger partial charge in [0, 0.05) is 16.9 Å². The summed E-state index contributed by atoms with van der Waals surface area (Å²) in [6.45, 7) is 7.50. The molecule has 7 nitrogen and oxygen atoms in total. The number of carbonyl (C=O) groups is 1. The third kappa shape index (κ3) is 3.73. The summed E-state index contributed by atoms with van der Waals surface area (Å²) in [5.74, 6) is -0.394. The molecule has 3 aromatic rings. The van der Waals surface area contributed by atoms with Crippen molar-refractivity contribution in [1.29, 1.82) is 0 Å². The Bertz CT molecular complexity index is 1140. The zero-order valence-electron chi connectivity index (χ0n) is 16.3. The van der Waals surface area contributed by atoms with Gasteiger partial charge in [-0.25, -0.2) is 10.1 Å². The molecular weight excluding hydrogens is 354 g/mol. The van der Waals surface area contributed by atoms with Crippen molar-refractivity contribution in [3.8, 4) is 5.69 Å². The highest BCUT2D eigenvalue weighted by Gasteiger charge is 2.16. The summed E-state index contributed by atoms with van der Waals surface area (Å²) >= 11 is 0. The van der Waals surface area contributed by atoms with Crippen LogP contribution in [0.1, 0.15) is 39.7 Å². The van der Waals surface area contributed by atoms with Gasteiger partial charge in [0.05, 0.1) is 17.0 Å². The largest absolute Gasteiger partial charge is 0.399 e. The van der Waals surface area contributed by atoms with Crippen LogP contribution >= 0.6 is 0 Å². The molecule has 4 N–H and O–H groups in total. The van der Waals surface area contributed by atoms with Gasteiger partial charge in [0.2, 0.25) is 0 Å². The standard InChI is InChI=1S/C21H23N5O2/c1-12-8-9-18(10-13(12)2)26-21(28)19(15(4)25-26)14(3)23-24-20(27)16-6-5-7-17(22)11-16/h5-11,25H,22H2,1-4H3,(H,24,27)/b23-14-. The van der Waals surface area contributed by atoms with Crippen molar-refractivity contribution in [3.05, 3.63) is 80.8 Å². The second kappa shape index (κ2) is 7.56. The van der Waals surface area contributed by atoms with E-state index in [0.29, 0.717) is 28.2 Å². The number of carbonyl (C=O) groups excluding carboxylic acids is 1. The summed E-state index contributed by atoms with van der Waals surface area (Å²) in [5, 5.41) is 7.18. The topological polar surface area (TPSA) is 105 Å². The molecule has 2 aromatic carbocycles. The van der Waals surface area contributed by atoms with Crippen molar-refractivity contribution in [2.75, 3.05) is 5.73 Å². The summed E-state index contributed by atoms with van der Waals surface area (Å²) in [4.78, 5) is 25.1. The van der Waals surface area contributed by atoms with Crippen LogP contribution in [0.2, 0.25) is 0 Å². The number of hydrazone groups is 1. The molecule has 0 aliphatic rings. The Morgan fingerprint density at radius 3 is 2.54 bits per heavy atom. The van der Waals surface area contributed by atoms with Crippen LogP contribution in [0.25, 0.3) is 5.69 Å². The SMILES string of the molecule is C/C(=N/NC(=O)c1cccc(N)c1)c1c(C)[nH]n(-c2ccc(C)c(C)c2)c1=O. The number of hydrogen-bond acceptors (Lipinski definition) is 4. The summed E-state index contributed by atoms with van der Waals surface area (Å²) in [6, 6.07) is 12.4. The Hall–Kier alpha value is -3.61. The summed E-state index contributed by atoms with van der Waals surface area (Å²) < 4.78 is 1.48. The first-order valence-electron chi connectivity index (χ1n) is 8.87. The molecule has 0 spiro atoms. The van der Waals surface area contributed by atoms with E-state index in [1.54, 1.807) is 38.1 Å². The molecule has 0 atom stereocenters. The molecule has 7 heteroatoms. The molecular formula is C21H23N5O2. The van der Waals surface area contributed by atoms with Crippen LogP contribution in [0.5, 0.6) is 0 Å². The summed E-state index contributed by atoms with van der Waals surface area (Å²) in [6.07, 6.45) is 0. The van der Waals surface area contributed by atoms with E-state index in [-0.39, 0.29) is 5.56 Å². The van der Waals surface area contributed by atoms with E-state index in [9.17, 15) is 9.59 Å². The number of aromatic nitrogens is 2. The maximum Gasteiger partial charge on any atom is 0.280 e. The number of nitrogens with one attached hydrogen (secondary N) is 2. The van der Waals surface area contributed by atoms with E-state index in [0.717, 1.165) is 16.8 Å². The highest BCUT2D eigenvalue weighted by molar-refractivity contribution is 6.01. The minimum Gasteiger partial charge on any atom is -0.399 e. The molecule has 0 fully saturated rings. The lowest BCUT2D eigenvalue weighted by Gasteiger charge is -2.05. The molecule has 144 valence electrons. The summed E-state index contributed by atoms with van der Waals surface area (Å²) in [5.41, 5.74) is 13.3. The Balaban J connectivity index is 1.90. The number of rotatable bonds is 4. The van der Waals surface area contributed by atoms with Gasteiger partial charge < -0.3 is 5.73 Å². The molecule has 28 heavy (non-hydrogen) atoms. The first-order valence-corrected chi connectivity index (χ1v) is 8.87. The van der Waals surface area contributed by atoms with E-state index < -0.39 is 5.91 Å². The van der Waals surface area contributed by atoms with Crippen LogP contribution in [0.15, 0.2) is 52.4 Å². The van der Waals surface area contributed by atoms with Gasteiger partial charge in [0.25, 0.3) is 11.5 Å². The van der Waals surface area contributed by atoms with Crippen molar-refractivity contribution in [3.63, 3.8) is 0 Å². The van der Waals surface area contributed by atoms with Gasteiger partial charge in [-0.05, 0) is 69.2 Å². The molecule has 1 heterocycles. The Kier molecular flexibility index (Phi) is 5.17. The monoisotopic (exact) mass is 377 g/mol. The number of H-pyrrole nitrogens is 1. The van der Waals surface area contributed by atoms with Crippen LogP contribution in [-0.4, -0.2) is 21.4 Å². The summed E-state index contributed by atoms with van der Waals surface area (Å²) in [7, 11) is 0. The van der Waals surface area contributed by atoms with Crippen molar-refractivity contribution in [1.82, 2.24) is 15.2 Å². The Morgan fingerprint density at radius 2 is 1.86 bits per heavy atom. The van der Waals surface area contributed by atoms with Crippen molar-refractivity contribution < 1.29 is 4.79 Å². The van der Waals surface area contributed by atoms with Crippen LogP contribution in [0, 0.1) is 20.8 Å². The average Bonchev–Trinajstić information content (AvgIpc) is 2.96. The molecule has 0 bridgehead atoms. The molecule has 1 amide bonds. The zero-order chi connectivity index (χ0) is 20.4. The molecule has 0 saturated carbocycles. The number of amides is 1. The predicted molar refractivity (Wildman–Crippen MR) is 111 cm³/mol. The number of anilines is 1. The first kappa shape index (κ1) is 19.2. The van der Waals surface area contributed by atoms with Crippen molar-refractivity contribution in [2.45, 2.75) is 27.7 Å². The fraction of sp³-hybridized carbons (Fsp3) is 0.190. The van der Waals surface area contributed by atoms with E-state index in [4.69, 9.17) is 5.73 Å². The average molecular weight is 377 g/mol. The number of aromatic amines is 1. The number of aryl methyl sites for hydroxylation is 3. The van der Waals surface area contributed by atoms with Crippen LogP contribution in [-0.2, 0) is 0 Å². The maximum absolute atomic E-state index is 12.9. The number of nitrogens with two attached hydrogens (primary N) is 1. The van der Waals surface area contributed by atoms with Gasteiger partial charge in [-0.15, -0.1) is 0 Å². The lowest BCUT2D eigenvalue weighted by atomic mass is 10.1. The molecule has 0 aliphatic heterocycles. The van der Waals surface area contributed by atoms with Crippen molar-refractivity contribution >= 4 is 17.3 Å². The number of benzene rings is 2. The lowest BCUT2D eigenvalue weighted by Crippen LogP contribution is -2.23. The number of hydrogen-bond donors (Lipinski definition) is 3. The number of nitrogen functional groups attached to an aromatic ring is 1. The third-order valence-corrected chi connectivity index (χ3v) is 4.66.